The maximum Gasteiger partial charge on any atom is 0.209 e. The number of piperidine rings is 1. The zero-order valence-corrected chi connectivity index (χ0v) is 21.0. The Balaban J connectivity index is 1.21. The molecule has 2 saturated heterocycles. The van der Waals surface area contributed by atoms with Gasteiger partial charge in [0.15, 0.2) is 5.65 Å². The normalized spacial score (nSPS) is 20.3. The van der Waals surface area contributed by atoms with Gasteiger partial charge >= 0.3 is 0 Å². The van der Waals surface area contributed by atoms with Crippen molar-refractivity contribution in [3.8, 4) is 23.1 Å². The Morgan fingerprint density at radius 3 is 2.74 bits per heavy atom. The Labute approximate surface area is 220 Å². The number of allylic oxidation sites excluding steroid dienone is 3. The van der Waals surface area contributed by atoms with Crippen LogP contribution in [0.15, 0.2) is 48.5 Å². The first-order valence-electron chi connectivity index (χ1n) is 13.0. The highest BCUT2D eigenvalue weighted by molar-refractivity contribution is 5.87. The van der Waals surface area contributed by atoms with Crippen LogP contribution < -0.4 is 4.74 Å². The van der Waals surface area contributed by atoms with Crippen molar-refractivity contribution in [1.29, 1.82) is 5.26 Å². The third-order valence-corrected chi connectivity index (χ3v) is 7.40. The molecule has 3 aliphatic rings. The molecular weight excluding hydrogens is 482 g/mol. The summed E-state index contributed by atoms with van der Waals surface area (Å²) in [5, 5.41) is 9.84. The molecule has 0 bridgehead atoms. The Morgan fingerprint density at radius 1 is 1.16 bits per heavy atom. The quantitative estimate of drug-likeness (QED) is 0.501. The number of H-pyrrole nitrogens is 1. The number of benzene rings is 1. The third-order valence-electron chi connectivity index (χ3n) is 7.40. The lowest BCUT2D eigenvalue weighted by molar-refractivity contribution is -0.119. The maximum absolute atomic E-state index is 11.0. The van der Waals surface area contributed by atoms with Gasteiger partial charge in [0.2, 0.25) is 6.41 Å². The van der Waals surface area contributed by atoms with Gasteiger partial charge in [-0.05, 0) is 30.7 Å². The molecule has 3 aromatic rings. The Hall–Kier alpha value is -4.23. The van der Waals surface area contributed by atoms with E-state index in [4.69, 9.17) is 14.5 Å². The van der Waals surface area contributed by atoms with E-state index in [1.165, 1.54) is 12.0 Å². The number of likely N-dealkylation sites (tertiary alicyclic amines) is 1. The molecule has 1 unspecified atom stereocenters. The predicted octanol–water partition coefficient (Wildman–Crippen LogP) is 3.15. The Bertz CT molecular complexity index is 1430. The zero-order chi connectivity index (χ0) is 25.9. The van der Waals surface area contributed by atoms with Gasteiger partial charge in [0.1, 0.15) is 41.3 Å². The van der Waals surface area contributed by atoms with Gasteiger partial charge < -0.3 is 24.3 Å². The van der Waals surface area contributed by atoms with Gasteiger partial charge in [-0.3, -0.25) is 4.79 Å². The minimum absolute atomic E-state index is 0.0230. The number of rotatable bonds is 6. The van der Waals surface area contributed by atoms with Crippen molar-refractivity contribution in [3.63, 3.8) is 0 Å². The molecule has 1 atom stereocenters. The molecule has 0 radical (unpaired) electrons. The maximum atomic E-state index is 11.0. The van der Waals surface area contributed by atoms with Crippen LogP contribution in [0.1, 0.15) is 36.6 Å². The molecule has 0 spiro atoms. The van der Waals surface area contributed by atoms with Gasteiger partial charge in [0, 0.05) is 56.2 Å². The van der Waals surface area contributed by atoms with E-state index in [-0.39, 0.29) is 12.0 Å². The highest BCUT2D eigenvalue weighted by atomic mass is 16.5. The van der Waals surface area contributed by atoms with E-state index in [1.807, 2.05) is 12.1 Å². The molecule has 10 heteroatoms. The number of carbonyl (C=O) groups excluding carboxylic acids is 1. The molecule has 2 fully saturated rings. The average Bonchev–Trinajstić information content (AvgIpc) is 3.43. The van der Waals surface area contributed by atoms with Crippen molar-refractivity contribution < 1.29 is 14.3 Å². The lowest BCUT2D eigenvalue weighted by Gasteiger charge is -2.31. The molecule has 1 amide bonds. The molecule has 194 valence electrons. The number of hydrogen-bond donors (Lipinski definition) is 1. The van der Waals surface area contributed by atoms with Crippen molar-refractivity contribution in [2.75, 3.05) is 39.4 Å². The summed E-state index contributed by atoms with van der Waals surface area (Å²) in [4.78, 5) is 32.3. The minimum atomic E-state index is -0.0230. The van der Waals surface area contributed by atoms with Crippen LogP contribution in [0, 0.1) is 11.3 Å². The monoisotopic (exact) mass is 511 g/mol. The highest BCUT2D eigenvalue weighted by Gasteiger charge is 2.23. The molecule has 38 heavy (non-hydrogen) atoms. The first-order chi connectivity index (χ1) is 18.7. The van der Waals surface area contributed by atoms with Crippen LogP contribution >= 0.6 is 0 Å². The summed E-state index contributed by atoms with van der Waals surface area (Å²) in [5.41, 5.74) is 4.48. The number of nitrogens with zero attached hydrogens (tertiary/aromatic N) is 6. The third kappa shape index (κ3) is 4.85. The molecule has 6 rings (SSSR count). The second-order valence-electron chi connectivity index (χ2n) is 9.75. The molecule has 1 aromatic carbocycles. The van der Waals surface area contributed by atoms with Crippen molar-refractivity contribution >= 4 is 17.6 Å². The number of hydrogen-bond acceptors (Lipinski definition) is 8. The summed E-state index contributed by atoms with van der Waals surface area (Å²) >= 11 is 0. The van der Waals surface area contributed by atoms with Crippen LogP contribution in [0.2, 0.25) is 0 Å². The van der Waals surface area contributed by atoms with Gasteiger partial charge in [-0.15, -0.1) is 0 Å². The van der Waals surface area contributed by atoms with Crippen LogP contribution in [-0.4, -0.2) is 81.6 Å². The van der Waals surface area contributed by atoms with Crippen LogP contribution in [0.3, 0.4) is 0 Å². The summed E-state index contributed by atoms with van der Waals surface area (Å²) in [6.45, 7) is 4.68. The van der Waals surface area contributed by atoms with E-state index in [0.717, 1.165) is 63.4 Å². The van der Waals surface area contributed by atoms with Crippen molar-refractivity contribution in [2.24, 2.45) is 0 Å². The van der Waals surface area contributed by atoms with Gasteiger partial charge in [-0.2, -0.15) is 5.26 Å². The molecular formula is C28H29N7O3. The Kier molecular flexibility index (Phi) is 6.75. The van der Waals surface area contributed by atoms with Crippen molar-refractivity contribution in [1.82, 2.24) is 29.7 Å². The number of amides is 1. The van der Waals surface area contributed by atoms with E-state index in [1.54, 1.807) is 11.0 Å². The topological polar surface area (TPSA) is 120 Å². The van der Waals surface area contributed by atoms with Gasteiger partial charge in [0.25, 0.3) is 0 Å². The fourth-order valence-corrected chi connectivity index (χ4v) is 5.25. The average molecular weight is 512 g/mol. The number of aromatic nitrogens is 4. The molecule has 1 N–H and O–H groups in total. The van der Waals surface area contributed by atoms with Crippen molar-refractivity contribution in [3.05, 3.63) is 59.8 Å². The van der Waals surface area contributed by atoms with Crippen LogP contribution in [0.25, 0.3) is 22.4 Å². The predicted molar refractivity (Wildman–Crippen MR) is 140 cm³/mol. The van der Waals surface area contributed by atoms with Gasteiger partial charge in [-0.25, -0.2) is 15.0 Å². The summed E-state index contributed by atoms with van der Waals surface area (Å²) < 4.78 is 11.6. The lowest BCUT2D eigenvalue weighted by Crippen LogP contribution is -2.37. The fraction of sp³-hybridized carbons (Fsp3) is 0.393. The SMILES string of the molecule is N#Cc1cc(-c2ncnc3[nH]c(C4C=CC(N5CCOCC5)=CC4)nc23)ccc1OC1CCN(C=O)CC1. The second-order valence-corrected chi connectivity index (χ2v) is 9.75. The number of aromatic amines is 1. The van der Waals surface area contributed by atoms with E-state index in [2.05, 4.69) is 44.1 Å². The molecule has 10 nitrogen and oxygen atoms in total. The first kappa shape index (κ1) is 24.1. The molecule has 4 heterocycles. The highest BCUT2D eigenvalue weighted by Crippen LogP contribution is 2.32. The number of imidazole rings is 1. The lowest BCUT2D eigenvalue weighted by atomic mass is 9.98. The summed E-state index contributed by atoms with van der Waals surface area (Å²) in [5.74, 6) is 1.51. The number of nitriles is 1. The molecule has 1 aliphatic carbocycles. The van der Waals surface area contributed by atoms with Crippen LogP contribution in [-0.2, 0) is 9.53 Å². The Morgan fingerprint density at radius 2 is 2.00 bits per heavy atom. The van der Waals surface area contributed by atoms with Gasteiger partial charge in [0.05, 0.1) is 18.8 Å². The smallest absolute Gasteiger partial charge is 0.209 e. The van der Waals surface area contributed by atoms with E-state index >= 15 is 0 Å². The van der Waals surface area contributed by atoms with Crippen molar-refractivity contribution in [2.45, 2.75) is 31.3 Å². The number of fused-ring (bicyclic) bond motifs is 1. The largest absolute Gasteiger partial charge is 0.489 e. The van der Waals surface area contributed by atoms with Gasteiger partial charge in [-0.1, -0.05) is 12.2 Å². The van der Waals surface area contributed by atoms with E-state index < -0.39 is 0 Å². The van der Waals surface area contributed by atoms with E-state index in [9.17, 15) is 10.1 Å². The summed E-state index contributed by atoms with van der Waals surface area (Å²) in [6.07, 6.45) is 11.3. The van der Waals surface area contributed by atoms with E-state index in [0.29, 0.717) is 41.3 Å². The number of carbonyl (C=O) groups is 1. The summed E-state index contributed by atoms with van der Waals surface area (Å²) in [7, 11) is 0. The standard InChI is InChI=1S/C28H29N7O3/c29-16-21-15-20(3-6-24(21)38-23-7-9-34(18-36)10-8-23)25-26-28(31-17-30-25)33-27(32-26)19-1-4-22(5-2-19)35-11-13-37-14-12-35/h1,3-6,15,17-19,23H,2,7-14H2,(H,30,31,32,33). The zero-order valence-electron chi connectivity index (χ0n) is 21.0. The fourth-order valence-electron chi connectivity index (χ4n) is 5.25. The molecule has 2 aromatic heterocycles. The number of morpholine rings is 1. The number of ether oxygens (including phenoxy) is 2. The number of nitrogens with one attached hydrogen (secondary N) is 1. The van der Waals surface area contributed by atoms with Crippen LogP contribution in [0.5, 0.6) is 5.75 Å². The second kappa shape index (κ2) is 10.6. The molecule has 0 saturated carbocycles. The summed E-state index contributed by atoms with van der Waals surface area (Å²) in [6, 6.07) is 7.79. The first-order valence-corrected chi connectivity index (χ1v) is 13.0. The van der Waals surface area contributed by atoms with Crippen LogP contribution in [0.4, 0.5) is 0 Å². The minimum Gasteiger partial charge on any atom is -0.489 e. The molecule has 2 aliphatic heterocycles.